The van der Waals surface area contributed by atoms with Crippen molar-refractivity contribution in [3.8, 4) is 0 Å². The molecular formula is C7H5F3N2O2. The Balaban J connectivity index is 3.50. The molecule has 1 heterocycles. The summed E-state index contributed by atoms with van der Waals surface area (Å²) < 4.78 is 37.4. The van der Waals surface area contributed by atoms with Crippen LogP contribution in [0.25, 0.3) is 0 Å². The minimum Gasteiger partial charge on any atom is -0.258 e. The lowest BCUT2D eigenvalue weighted by atomic mass is 10.1. The molecule has 7 heteroatoms. The molecule has 14 heavy (non-hydrogen) atoms. The molecule has 0 aliphatic rings. The van der Waals surface area contributed by atoms with Crippen LogP contribution in [0.5, 0.6) is 0 Å². The van der Waals surface area contributed by atoms with E-state index < -0.39 is 28.4 Å². The Labute approximate surface area is 76.5 Å². The molecule has 0 N–H and O–H groups in total. The highest BCUT2D eigenvalue weighted by atomic mass is 19.3. The number of alkyl halides is 2. The summed E-state index contributed by atoms with van der Waals surface area (Å²) in [6.07, 6.45) is -2.56. The summed E-state index contributed by atoms with van der Waals surface area (Å²) >= 11 is 0. The van der Waals surface area contributed by atoms with Crippen molar-refractivity contribution in [1.29, 1.82) is 0 Å². The third-order valence-corrected chi connectivity index (χ3v) is 1.64. The first-order chi connectivity index (χ1) is 6.45. The second-order valence-corrected chi connectivity index (χ2v) is 2.51. The highest BCUT2D eigenvalue weighted by molar-refractivity contribution is 5.43. The lowest BCUT2D eigenvalue weighted by Gasteiger charge is -2.04. The van der Waals surface area contributed by atoms with E-state index >= 15 is 0 Å². The average Bonchev–Trinajstić information content (AvgIpc) is 2.07. The van der Waals surface area contributed by atoms with Gasteiger partial charge in [0.05, 0.1) is 16.8 Å². The van der Waals surface area contributed by atoms with Crippen LogP contribution < -0.4 is 0 Å². The van der Waals surface area contributed by atoms with Gasteiger partial charge < -0.3 is 0 Å². The molecular weight excluding hydrogens is 201 g/mol. The second kappa shape index (κ2) is 3.60. The van der Waals surface area contributed by atoms with Crippen molar-refractivity contribution in [2.24, 2.45) is 0 Å². The van der Waals surface area contributed by atoms with Crippen molar-refractivity contribution in [2.75, 3.05) is 0 Å². The molecule has 0 unspecified atom stereocenters. The minimum atomic E-state index is -3.11. The van der Waals surface area contributed by atoms with E-state index in [1.54, 1.807) is 0 Å². The van der Waals surface area contributed by atoms with Crippen LogP contribution in [0.2, 0.25) is 0 Å². The predicted molar refractivity (Wildman–Crippen MR) is 40.5 cm³/mol. The number of hydrogen-bond donors (Lipinski definition) is 0. The molecule has 0 radical (unpaired) electrons. The second-order valence-electron chi connectivity index (χ2n) is 2.51. The van der Waals surface area contributed by atoms with Gasteiger partial charge in [-0.15, -0.1) is 0 Å². The summed E-state index contributed by atoms with van der Waals surface area (Å²) in [4.78, 5) is 12.4. The Morgan fingerprint density at radius 2 is 2.14 bits per heavy atom. The normalized spacial score (nSPS) is 10.6. The number of halogens is 3. The van der Waals surface area contributed by atoms with Gasteiger partial charge in [-0.2, -0.15) is 4.39 Å². The molecule has 0 saturated heterocycles. The van der Waals surface area contributed by atoms with Crippen molar-refractivity contribution in [1.82, 2.24) is 4.98 Å². The highest BCUT2D eigenvalue weighted by Crippen LogP contribution is 2.32. The molecule has 0 atom stereocenters. The summed E-state index contributed by atoms with van der Waals surface area (Å²) in [5.74, 6) is -1.35. The third kappa shape index (κ3) is 1.66. The summed E-state index contributed by atoms with van der Waals surface area (Å²) in [5, 5.41) is 10.3. The topological polar surface area (TPSA) is 56.0 Å². The fraction of sp³-hybridized carbons (Fsp3) is 0.286. The van der Waals surface area contributed by atoms with E-state index in [1.165, 1.54) is 0 Å². The number of hydrogen-bond acceptors (Lipinski definition) is 3. The zero-order chi connectivity index (χ0) is 10.9. The summed E-state index contributed by atoms with van der Waals surface area (Å²) in [7, 11) is 0. The summed E-state index contributed by atoms with van der Waals surface area (Å²) in [6.45, 7) is 1.16. The first kappa shape index (κ1) is 10.4. The maximum atomic E-state index is 12.8. The molecule has 0 aliphatic heterocycles. The molecule has 76 valence electrons. The van der Waals surface area contributed by atoms with E-state index in [0.29, 0.717) is 6.20 Å². The van der Waals surface area contributed by atoms with Gasteiger partial charge in [0.25, 0.3) is 6.43 Å². The molecule has 0 saturated carbocycles. The van der Waals surface area contributed by atoms with Gasteiger partial charge in [0.1, 0.15) is 5.56 Å². The van der Waals surface area contributed by atoms with Crippen LogP contribution in [-0.2, 0) is 0 Å². The van der Waals surface area contributed by atoms with Crippen LogP contribution in [-0.4, -0.2) is 9.91 Å². The fourth-order valence-electron chi connectivity index (χ4n) is 1.03. The zero-order valence-corrected chi connectivity index (χ0v) is 7.00. The van der Waals surface area contributed by atoms with Gasteiger partial charge in [-0.3, -0.25) is 15.1 Å². The molecule has 1 aromatic rings. The lowest BCUT2D eigenvalue weighted by molar-refractivity contribution is -0.389. The van der Waals surface area contributed by atoms with E-state index in [2.05, 4.69) is 4.98 Å². The van der Waals surface area contributed by atoms with Crippen LogP contribution in [0.1, 0.15) is 17.7 Å². The van der Waals surface area contributed by atoms with E-state index in [1.807, 2.05) is 0 Å². The zero-order valence-electron chi connectivity index (χ0n) is 7.00. The van der Waals surface area contributed by atoms with Gasteiger partial charge in [0.2, 0.25) is 5.82 Å². The van der Waals surface area contributed by atoms with Crippen LogP contribution >= 0.6 is 0 Å². The molecule has 4 nitrogen and oxygen atoms in total. The molecule has 1 aromatic heterocycles. The van der Waals surface area contributed by atoms with E-state index in [9.17, 15) is 23.3 Å². The van der Waals surface area contributed by atoms with Crippen LogP contribution in [0.15, 0.2) is 6.20 Å². The molecule has 0 aliphatic carbocycles. The third-order valence-electron chi connectivity index (χ3n) is 1.64. The van der Waals surface area contributed by atoms with Crippen molar-refractivity contribution < 1.29 is 18.1 Å². The number of pyridine rings is 1. The van der Waals surface area contributed by atoms with Crippen LogP contribution in [0.3, 0.4) is 0 Å². The summed E-state index contributed by atoms with van der Waals surface area (Å²) in [6, 6.07) is 0. The smallest absolute Gasteiger partial charge is 0.258 e. The highest BCUT2D eigenvalue weighted by Gasteiger charge is 2.29. The minimum absolute atomic E-state index is 0.242. The quantitative estimate of drug-likeness (QED) is 0.551. The Kier molecular flexibility index (Phi) is 2.68. The first-order valence-corrected chi connectivity index (χ1v) is 3.52. The Hall–Kier alpha value is -1.66. The maximum absolute atomic E-state index is 12.8. The standard InChI is InChI=1S/C7H5F3N2O2/c1-3-5(7(9)10)6(12(13)14)4(8)2-11-3/h2,7H,1H3. The fourth-order valence-corrected chi connectivity index (χ4v) is 1.03. The van der Waals surface area contributed by atoms with Gasteiger partial charge in [0, 0.05) is 0 Å². The lowest BCUT2D eigenvalue weighted by Crippen LogP contribution is -2.03. The van der Waals surface area contributed by atoms with Gasteiger partial charge in [-0.1, -0.05) is 0 Å². The van der Waals surface area contributed by atoms with Gasteiger partial charge in [-0.05, 0) is 6.92 Å². The number of nitrogens with zero attached hydrogens (tertiary/aromatic N) is 2. The summed E-state index contributed by atoms with van der Waals surface area (Å²) in [5.41, 5.74) is -2.41. The monoisotopic (exact) mass is 206 g/mol. The van der Waals surface area contributed by atoms with Crippen molar-refractivity contribution >= 4 is 5.69 Å². The van der Waals surface area contributed by atoms with Crippen LogP contribution in [0.4, 0.5) is 18.9 Å². The van der Waals surface area contributed by atoms with E-state index in [0.717, 1.165) is 6.92 Å². The molecule has 0 fully saturated rings. The Morgan fingerprint density at radius 3 is 2.50 bits per heavy atom. The maximum Gasteiger partial charge on any atom is 0.317 e. The molecule has 0 aromatic carbocycles. The van der Waals surface area contributed by atoms with Gasteiger partial charge in [-0.25, -0.2) is 8.78 Å². The number of aromatic nitrogens is 1. The molecule has 0 bridgehead atoms. The van der Waals surface area contributed by atoms with E-state index in [-0.39, 0.29) is 5.69 Å². The van der Waals surface area contributed by atoms with Crippen molar-refractivity contribution in [2.45, 2.75) is 13.3 Å². The Bertz CT molecular complexity index is 381. The largest absolute Gasteiger partial charge is 0.317 e. The number of aryl methyl sites for hydroxylation is 1. The molecule has 1 rings (SSSR count). The number of rotatable bonds is 2. The van der Waals surface area contributed by atoms with E-state index in [4.69, 9.17) is 0 Å². The SMILES string of the molecule is Cc1ncc(F)c([N+](=O)[O-])c1C(F)F. The van der Waals surface area contributed by atoms with Crippen LogP contribution in [0, 0.1) is 22.9 Å². The van der Waals surface area contributed by atoms with Crippen molar-refractivity contribution in [3.05, 3.63) is 33.4 Å². The molecule has 0 spiro atoms. The van der Waals surface area contributed by atoms with Gasteiger partial charge in [0.15, 0.2) is 0 Å². The molecule has 0 amide bonds. The van der Waals surface area contributed by atoms with Crippen molar-refractivity contribution in [3.63, 3.8) is 0 Å². The number of nitro groups is 1. The average molecular weight is 206 g/mol. The first-order valence-electron chi connectivity index (χ1n) is 3.52. The van der Waals surface area contributed by atoms with Gasteiger partial charge >= 0.3 is 5.69 Å². The predicted octanol–water partition coefficient (Wildman–Crippen LogP) is 2.37. The Morgan fingerprint density at radius 1 is 1.57 bits per heavy atom.